The van der Waals surface area contributed by atoms with E-state index in [9.17, 15) is 5.11 Å². The van der Waals surface area contributed by atoms with Crippen molar-refractivity contribution in [1.29, 1.82) is 0 Å². The molecule has 0 aliphatic heterocycles. The molecule has 13 heavy (non-hydrogen) atoms. The first-order valence-electron chi connectivity index (χ1n) is 4.47. The van der Waals surface area contributed by atoms with Crippen molar-refractivity contribution in [2.45, 2.75) is 32.8 Å². The molecule has 1 unspecified atom stereocenters. The van der Waals surface area contributed by atoms with Gasteiger partial charge in [-0.2, -0.15) is 0 Å². The van der Waals surface area contributed by atoms with Crippen LogP contribution in [0.4, 0.5) is 0 Å². The fourth-order valence-electron chi connectivity index (χ4n) is 1.38. The number of nitrogens with zero attached hydrogens (tertiary/aromatic N) is 1. The summed E-state index contributed by atoms with van der Waals surface area (Å²) in [5, 5.41) is 9.99. The van der Waals surface area contributed by atoms with Crippen LogP contribution in [0.3, 0.4) is 0 Å². The highest BCUT2D eigenvalue weighted by atomic mass is 79.9. The standard InChI is InChI=1S/C9H14BrNOS/c1-3-6(4-2)7(12)8-9(10)11-5-13-8/h5-7,12H,3-4H2,1-2H3. The summed E-state index contributed by atoms with van der Waals surface area (Å²) in [5.74, 6) is 0.344. The average Bonchev–Trinajstić information content (AvgIpc) is 2.53. The predicted molar refractivity (Wildman–Crippen MR) is 58.8 cm³/mol. The lowest BCUT2D eigenvalue weighted by molar-refractivity contribution is 0.106. The molecule has 1 atom stereocenters. The zero-order valence-electron chi connectivity index (χ0n) is 7.83. The van der Waals surface area contributed by atoms with Gasteiger partial charge in [-0.25, -0.2) is 4.98 Å². The number of halogens is 1. The van der Waals surface area contributed by atoms with Crippen LogP contribution in [0, 0.1) is 5.92 Å². The van der Waals surface area contributed by atoms with Gasteiger partial charge in [-0.3, -0.25) is 0 Å². The largest absolute Gasteiger partial charge is 0.387 e. The van der Waals surface area contributed by atoms with Crippen molar-refractivity contribution in [3.05, 3.63) is 15.0 Å². The Labute approximate surface area is 91.1 Å². The van der Waals surface area contributed by atoms with Gasteiger partial charge in [-0.15, -0.1) is 11.3 Å². The van der Waals surface area contributed by atoms with Gasteiger partial charge < -0.3 is 5.11 Å². The quantitative estimate of drug-likeness (QED) is 0.904. The molecule has 1 aromatic heterocycles. The molecule has 0 aromatic carbocycles. The molecule has 4 heteroatoms. The summed E-state index contributed by atoms with van der Waals surface area (Å²) >= 11 is 4.84. The number of rotatable bonds is 4. The molecule has 0 spiro atoms. The first kappa shape index (κ1) is 11.1. The minimum Gasteiger partial charge on any atom is -0.387 e. The Morgan fingerprint density at radius 1 is 1.54 bits per heavy atom. The fraction of sp³-hybridized carbons (Fsp3) is 0.667. The summed E-state index contributed by atoms with van der Waals surface area (Å²) in [6, 6.07) is 0. The van der Waals surface area contributed by atoms with Gasteiger partial charge in [-0.1, -0.05) is 26.7 Å². The van der Waals surface area contributed by atoms with Gasteiger partial charge in [-0.05, 0) is 21.8 Å². The van der Waals surface area contributed by atoms with Crippen LogP contribution in [-0.4, -0.2) is 10.1 Å². The molecular formula is C9H14BrNOS. The van der Waals surface area contributed by atoms with Crippen molar-refractivity contribution < 1.29 is 5.11 Å². The molecule has 74 valence electrons. The molecule has 1 rings (SSSR count). The highest BCUT2D eigenvalue weighted by Gasteiger charge is 2.21. The molecule has 0 bridgehead atoms. The van der Waals surface area contributed by atoms with Gasteiger partial charge in [0.25, 0.3) is 0 Å². The van der Waals surface area contributed by atoms with E-state index in [4.69, 9.17) is 0 Å². The number of aliphatic hydroxyl groups excluding tert-OH is 1. The van der Waals surface area contributed by atoms with Crippen LogP contribution in [0.5, 0.6) is 0 Å². The van der Waals surface area contributed by atoms with Crippen LogP contribution in [0.25, 0.3) is 0 Å². The van der Waals surface area contributed by atoms with Gasteiger partial charge in [0, 0.05) is 0 Å². The molecule has 0 aliphatic carbocycles. The van der Waals surface area contributed by atoms with Crippen molar-refractivity contribution in [1.82, 2.24) is 4.98 Å². The second-order valence-corrected chi connectivity index (χ2v) is 4.67. The first-order valence-corrected chi connectivity index (χ1v) is 6.14. The van der Waals surface area contributed by atoms with Crippen LogP contribution in [0.1, 0.15) is 37.7 Å². The monoisotopic (exact) mass is 263 g/mol. The molecular weight excluding hydrogens is 250 g/mol. The minimum atomic E-state index is -0.364. The summed E-state index contributed by atoms with van der Waals surface area (Å²) in [6.45, 7) is 4.21. The van der Waals surface area contributed by atoms with Crippen molar-refractivity contribution >= 4 is 27.3 Å². The highest BCUT2D eigenvalue weighted by molar-refractivity contribution is 9.10. The average molecular weight is 264 g/mol. The Bertz CT molecular complexity index is 260. The van der Waals surface area contributed by atoms with Crippen molar-refractivity contribution in [2.24, 2.45) is 5.92 Å². The van der Waals surface area contributed by atoms with Gasteiger partial charge in [0.15, 0.2) is 0 Å². The normalized spacial score (nSPS) is 13.6. The van der Waals surface area contributed by atoms with E-state index in [0.29, 0.717) is 5.92 Å². The van der Waals surface area contributed by atoms with E-state index in [-0.39, 0.29) is 6.10 Å². The van der Waals surface area contributed by atoms with E-state index >= 15 is 0 Å². The van der Waals surface area contributed by atoms with Gasteiger partial charge in [0.05, 0.1) is 16.5 Å². The third-order valence-electron chi connectivity index (χ3n) is 2.31. The summed E-state index contributed by atoms with van der Waals surface area (Å²) in [4.78, 5) is 5.02. The second-order valence-electron chi connectivity index (χ2n) is 3.03. The van der Waals surface area contributed by atoms with Crippen LogP contribution < -0.4 is 0 Å². The Hall–Kier alpha value is 0.0700. The summed E-state index contributed by atoms with van der Waals surface area (Å²) in [6.07, 6.45) is 1.64. The summed E-state index contributed by atoms with van der Waals surface area (Å²) in [5.41, 5.74) is 1.75. The molecule has 0 saturated heterocycles. The number of aromatic nitrogens is 1. The summed E-state index contributed by atoms with van der Waals surface area (Å²) < 4.78 is 0.789. The van der Waals surface area contributed by atoms with Crippen molar-refractivity contribution in [3.63, 3.8) is 0 Å². The maximum atomic E-state index is 9.99. The van der Waals surface area contributed by atoms with Gasteiger partial charge >= 0.3 is 0 Å². The van der Waals surface area contributed by atoms with E-state index in [1.165, 1.54) is 11.3 Å². The van der Waals surface area contributed by atoms with Crippen LogP contribution in [-0.2, 0) is 0 Å². The zero-order chi connectivity index (χ0) is 9.84. The number of aliphatic hydroxyl groups is 1. The molecule has 0 amide bonds. The van der Waals surface area contributed by atoms with E-state index in [2.05, 4.69) is 34.8 Å². The minimum absolute atomic E-state index is 0.344. The molecule has 0 radical (unpaired) electrons. The Morgan fingerprint density at radius 2 is 2.15 bits per heavy atom. The number of hydrogen-bond acceptors (Lipinski definition) is 3. The lowest BCUT2D eigenvalue weighted by atomic mass is 9.96. The maximum absolute atomic E-state index is 9.99. The fourth-order valence-corrected chi connectivity index (χ4v) is 2.89. The third kappa shape index (κ3) is 2.51. The molecule has 1 aromatic rings. The second kappa shape index (κ2) is 5.08. The topological polar surface area (TPSA) is 33.1 Å². The van der Waals surface area contributed by atoms with E-state index in [1.807, 2.05) is 0 Å². The van der Waals surface area contributed by atoms with E-state index in [0.717, 1.165) is 22.3 Å². The van der Waals surface area contributed by atoms with Crippen molar-refractivity contribution in [3.8, 4) is 0 Å². The van der Waals surface area contributed by atoms with Crippen LogP contribution >= 0.6 is 27.3 Å². The van der Waals surface area contributed by atoms with Crippen LogP contribution in [0.2, 0.25) is 0 Å². The third-order valence-corrected chi connectivity index (χ3v) is 4.11. The van der Waals surface area contributed by atoms with Gasteiger partial charge in [0.2, 0.25) is 0 Å². The van der Waals surface area contributed by atoms with E-state index in [1.54, 1.807) is 5.51 Å². The molecule has 0 aliphatic rings. The molecule has 0 saturated carbocycles. The Balaban J connectivity index is 2.77. The highest BCUT2D eigenvalue weighted by Crippen LogP contribution is 2.33. The smallest absolute Gasteiger partial charge is 0.122 e. The predicted octanol–water partition coefficient (Wildman–Crippen LogP) is 3.38. The molecule has 1 N–H and O–H groups in total. The lowest BCUT2D eigenvalue weighted by Gasteiger charge is -2.18. The van der Waals surface area contributed by atoms with E-state index < -0.39 is 0 Å². The molecule has 1 heterocycles. The SMILES string of the molecule is CCC(CC)C(O)c1scnc1Br. The van der Waals surface area contributed by atoms with Crippen molar-refractivity contribution in [2.75, 3.05) is 0 Å². The van der Waals surface area contributed by atoms with Crippen LogP contribution in [0.15, 0.2) is 10.1 Å². The first-order chi connectivity index (χ1) is 6.20. The lowest BCUT2D eigenvalue weighted by Crippen LogP contribution is -2.09. The summed E-state index contributed by atoms with van der Waals surface area (Å²) in [7, 11) is 0. The maximum Gasteiger partial charge on any atom is 0.122 e. The zero-order valence-corrected chi connectivity index (χ0v) is 10.2. The Kier molecular flexibility index (Phi) is 4.35. The molecule has 2 nitrogen and oxygen atoms in total. The molecule has 0 fully saturated rings. The Morgan fingerprint density at radius 3 is 2.54 bits per heavy atom. The number of hydrogen-bond donors (Lipinski definition) is 1. The number of thiazole rings is 1. The van der Waals surface area contributed by atoms with Gasteiger partial charge in [0.1, 0.15) is 4.60 Å².